The lowest BCUT2D eigenvalue weighted by molar-refractivity contribution is -0.123. The van der Waals surface area contributed by atoms with Gasteiger partial charge in [-0.25, -0.2) is 0 Å². The van der Waals surface area contributed by atoms with Gasteiger partial charge in [-0.1, -0.05) is 19.9 Å². The van der Waals surface area contributed by atoms with Crippen LogP contribution >= 0.6 is 0 Å². The zero-order chi connectivity index (χ0) is 15.2. The minimum Gasteiger partial charge on any atom is -0.324 e. The van der Waals surface area contributed by atoms with Crippen molar-refractivity contribution in [2.45, 2.75) is 32.7 Å². The van der Waals surface area contributed by atoms with Gasteiger partial charge in [0, 0.05) is 6.04 Å². The Kier molecular flexibility index (Phi) is 3.24. The molecule has 1 saturated carbocycles. The molecule has 2 atom stereocenters. The molecule has 3 N–H and O–H groups in total. The maximum atomic E-state index is 11.7. The SMILES string of the molecule is CNC(c1ccc2c(c1)NC(=O)CC(=O)N2)C1CC1(C)C. The topological polar surface area (TPSA) is 70.2 Å². The van der Waals surface area contributed by atoms with E-state index in [0.717, 1.165) is 5.56 Å². The van der Waals surface area contributed by atoms with Crippen LogP contribution in [0.25, 0.3) is 0 Å². The number of fused-ring (bicyclic) bond motifs is 1. The zero-order valence-electron chi connectivity index (χ0n) is 12.6. The number of amides is 2. The summed E-state index contributed by atoms with van der Waals surface area (Å²) in [5.41, 5.74) is 2.85. The number of carbonyl (C=O) groups is 2. The van der Waals surface area contributed by atoms with Crippen LogP contribution in [0, 0.1) is 11.3 Å². The first kappa shape index (κ1) is 14.1. The van der Waals surface area contributed by atoms with Gasteiger partial charge in [0.1, 0.15) is 6.42 Å². The number of hydrogen-bond donors (Lipinski definition) is 3. The fourth-order valence-electron chi connectivity index (χ4n) is 3.18. The summed E-state index contributed by atoms with van der Waals surface area (Å²) in [5, 5.41) is 8.94. The highest BCUT2D eigenvalue weighted by molar-refractivity contribution is 6.13. The van der Waals surface area contributed by atoms with E-state index >= 15 is 0 Å². The lowest BCUT2D eigenvalue weighted by Crippen LogP contribution is -2.21. The molecule has 5 heteroatoms. The van der Waals surface area contributed by atoms with Gasteiger partial charge in [-0.15, -0.1) is 0 Å². The average molecular weight is 287 g/mol. The molecule has 112 valence electrons. The van der Waals surface area contributed by atoms with Crippen molar-refractivity contribution in [1.82, 2.24) is 5.32 Å². The summed E-state index contributed by atoms with van der Waals surface area (Å²) < 4.78 is 0. The molecule has 0 bridgehead atoms. The first-order valence-electron chi connectivity index (χ1n) is 7.31. The molecular formula is C16H21N3O2. The van der Waals surface area contributed by atoms with Crippen molar-refractivity contribution in [1.29, 1.82) is 0 Å². The Hall–Kier alpha value is -1.88. The summed E-state index contributed by atoms with van der Waals surface area (Å²) in [7, 11) is 1.96. The van der Waals surface area contributed by atoms with Gasteiger partial charge in [0.15, 0.2) is 0 Å². The van der Waals surface area contributed by atoms with E-state index in [1.165, 1.54) is 6.42 Å². The Balaban J connectivity index is 1.92. The maximum absolute atomic E-state index is 11.7. The van der Waals surface area contributed by atoms with Gasteiger partial charge in [0.2, 0.25) is 11.8 Å². The van der Waals surface area contributed by atoms with E-state index < -0.39 is 0 Å². The monoisotopic (exact) mass is 287 g/mol. The molecule has 2 aliphatic rings. The van der Waals surface area contributed by atoms with E-state index in [2.05, 4.69) is 29.8 Å². The highest BCUT2D eigenvalue weighted by Crippen LogP contribution is 2.57. The molecule has 2 unspecified atom stereocenters. The Labute approximate surface area is 124 Å². The lowest BCUT2D eigenvalue weighted by atomic mass is 9.96. The number of rotatable bonds is 3. The van der Waals surface area contributed by atoms with Crippen LogP contribution in [0.2, 0.25) is 0 Å². The summed E-state index contributed by atoms with van der Waals surface area (Å²) >= 11 is 0. The Bertz CT molecular complexity index is 610. The van der Waals surface area contributed by atoms with Crippen molar-refractivity contribution in [3.63, 3.8) is 0 Å². The third-order valence-electron chi connectivity index (χ3n) is 4.58. The molecule has 1 fully saturated rings. The van der Waals surface area contributed by atoms with Crippen molar-refractivity contribution in [3.05, 3.63) is 23.8 Å². The summed E-state index contributed by atoms with van der Waals surface area (Å²) in [5.74, 6) is 0.0558. The van der Waals surface area contributed by atoms with E-state index in [4.69, 9.17) is 0 Å². The van der Waals surface area contributed by atoms with Crippen LogP contribution in [-0.2, 0) is 9.59 Å². The van der Waals surface area contributed by atoms with Gasteiger partial charge in [-0.05, 0) is 42.5 Å². The number of carbonyl (C=O) groups excluding carboxylic acids is 2. The second-order valence-electron chi connectivity index (χ2n) is 6.64. The molecule has 1 aliphatic carbocycles. The smallest absolute Gasteiger partial charge is 0.233 e. The number of hydrogen-bond acceptors (Lipinski definition) is 3. The minimum absolute atomic E-state index is 0.130. The van der Waals surface area contributed by atoms with Gasteiger partial charge in [0.25, 0.3) is 0 Å². The van der Waals surface area contributed by atoms with Crippen LogP contribution in [0.15, 0.2) is 18.2 Å². The highest BCUT2D eigenvalue weighted by atomic mass is 16.2. The maximum Gasteiger partial charge on any atom is 0.233 e. The first-order chi connectivity index (χ1) is 9.90. The normalized spacial score (nSPS) is 24.4. The van der Waals surface area contributed by atoms with E-state index in [0.29, 0.717) is 22.7 Å². The first-order valence-corrected chi connectivity index (χ1v) is 7.31. The molecule has 0 spiro atoms. The quantitative estimate of drug-likeness (QED) is 0.747. The fraction of sp³-hybridized carbons (Fsp3) is 0.500. The van der Waals surface area contributed by atoms with E-state index in [9.17, 15) is 9.59 Å². The van der Waals surface area contributed by atoms with Crippen molar-refractivity contribution in [2.24, 2.45) is 11.3 Å². The van der Waals surface area contributed by atoms with Gasteiger partial charge in [0.05, 0.1) is 11.4 Å². The third kappa shape index (κ3) is 2.65. The molecule has 1 aliphatic heterocycles. The average Bonchev–Trinajstić information content (AvgIpc) is 3.04. The van der Waals surface area contributed by atoms with Gasteiger partial charge >= 0.3 is 0 Å². The third-order valence-corrected chi connectivity index (χ3v) is 4.58. The lowest BCUT2D eigenvalue weighted by Gasteiger charge is -2.20. The van der Waals surface area contributed by atoms with Crippen molar-refractivity contribution < 1.29 is 9.59 Å². The predicted molar refractivity (Wildman–Crippen MR) is 82.0 cm³/mol. The molecule has 0 aromatic heterocycles. The van der Waals surface area contributed by atoms with Crippen LogP contribution in [0.1, 0.15) is 38.3 Å². The Morgan fingerprint density at radius 1 is 1.19 bits per heavy atom. The highest BCUT2D eigenvalue weighted by Gasteiger charge is 2.50. The van der Waals surface area contributed by atoms with E-state index in [1.54, 1.807) is 0 Å². The van der Waals surface area contributed by atoms with Crippen molar-refractivity contribution in [3.8, 4) is 0 Å². The van der Waals surface area contributed by atoms with Crippen molar-refractivity contribution >= 4 is 23.2 Å². The fourth-order valence-corrected chi connectivity index (χ4v) is 3.18. The molecule has 1 aromatic carbocycles. The molecule has 21 heavy (non-hydrogen) atoms. The molecule has 1 heterocycles. The molecule has 2 amide bonds. The number of benzene rings is 1. The van der Waals surface area contributed by atoms with Crippen LogP contribution in [0.4, 0.5) is 11.4 Å². The van der Waals surface area contributed by atoms with E-state index in [1.807, 2.05) is 25.2 Å². The molecular weight excluding hydrogens is 266 g/mol. The van der Waals surface area contributed by atoms with Crippen LogP contribution in [-0.4, -0.2) is 18.9 Å². The molecule has 1 aromatic rings. The summed E-state index contributed by atoms with van der Waals surface area (Å²) in [6.07, 6.45) is 1.06. The summed E-state index contributed by atoms with van der Waals surface area (Å²) in [4.78, 5) is 23.2. The second kappa shape index (κ2) is 4.84. The Morgan fingerprint density at radius 3 is 2.38 bits per heavy atom. The predicted octanol–water partition coefficient (Wildman–Crippen LogP) is 2.27. The van der Waals surface area contributed by atoms with Crippen molar-refractivity contribution in [2.75, 3.05) is 17.7 Å². The van der Waals surface area contributed by atoms with Crippen LogP contribution < -0.4 is 16.0 Å². The second-order valence-corrected chi connectivity index (χ2v) is 6.64. The molecule has 3 rings (SSSR count). The molecule has 5 nitrogen and oxygen atoms in total. The van der Waals surface area contributed by atoms with Crippen LogP contribution in [0.3, 0.4) is 0 Å². The van der Waals surface area contributed by atoms with Gasteiger partial charge in [-0.2, -0.15) is 0 Å². The largest absolute Gasteiger partial charge is 0.324 e. The van der Waals surface area contributed by atoms with E-state index in [-0.39, 0.29) is 24.3 Å². The standard InChI is InChI=1S/C16H21N3O2/c1-16(2)8-10(16)15(17-3)9-4-5-11-12(6-9)19-14(21)7-13(20)18-11/h4-6,10,15,17H,7-8H2,1-3H3,(H,18,20)(H,19,21). The number of anilines is 2. The van der Waals surface area contributed by atoms with Gasteiger partial charge < -0.3 is 16.0 Å². The Morgan fingerprint density at radius 2 is 1.81 bits per heavy atom. The summed E-state index contributed by atoms with van der Waals surface area (Å²) in [6.45, 7) is 4.54. The number of nitrogens with one attached hydrogen (secondary N) is 3. The molecule has 0 saturated heterocycles. The van der Waals surface area contributed by atoms with Crippen LogP contribution in [0.5, 0.6) is 0 Å². The zero-order valence-corrected chi connectivity index (χ0v) is 12.6. The minimum atomic E-state index is -0.271. The van der Waals surface area contributed by atoms with Gasteiger partial charge in [-0.3, -0.25) is 9.59 Å². The summed E-state index contributed by atoms with van der Waals surface area (Å²) in [6, 6.07) is 6.12. The molecule has 0 radical (unpaired) electrons.